The summed E-state index contributed by atoms with van der Waals surface area (Å²) in [4.78, 5) is 4.40. The molecule has 1 saturated carbocycles. The molecule has 0 radical (unpaired) electrons. The second-order valence-electron chi connectivity index (χ2n) is 5.98. The minimum atomic E-state index is 0.207. The maximum Gasteiger partial charge on any atom is 0.139 e. The van der Waals surface area contributed by atoms with Crippen LogP contribution in [0.1, 0.15) is 37.7 Å². The van der Waals surface area contributed by atoms with Gasteiger partial charge in [0.15, 0.2) is 0 Å². The number of hydrogen-bond acceptors (Lipinski definition) is 2. The summed E-state index contributed by atoms with van der Waals surface area (Å²) in [5.74, 6) is 1.02. The molecule has 1 heterocycles. The summed E-state index contributed by atoms with van der Waals surface area (Å²) in [7, 11) is 2.03. The number of aromatic nitrogens is 2. The van der Waals surface area contributed by atoms with Gasteiger partial charge in [-0.1, -0.05) is 43.5 Å². The molecule has 2 N–H and O–H groups in total. The Bertz CT molecular complexity index is 562. The van der Waals surface area contributed by atoms with Crippen LogP contribution in [0.25, 0.3) is 11.4 Å². The minimum absolute atomic E-state index is 0.207. The summed E-state index contributed by atoms with van der Waals surface area (Å²) in [6.07, 6.45) is 10.2. The number of aryl methyl sites for hydroxylation is 1. The molecule has 0 atom stereocenters. The molecule has 3 rings (SSSR count). The Hall–Kier alpha value is -1.61. The summed E-state index contributed by atoms with van der Waals surface area (Å²) >= 11 is 0. The zero-order valence-corrected chi connectivity index (χ0v) is 12.2. The van der Waals surface area contributed by atoms with Crippen LogP contribution in [-0.2, 0) is 12.5 Å². The van der Waals surface area contributed by atoms with E-state index in [1.54, 1.807) is 0 Å². The number of nitrogens with two attached hydrogens (primary N) is 1. The highest BCUT2D eigenvalue weighted by molar-refractivity contribution is 5.56. The van der Waals surface area contributed by atoms with Crippen molar-refractivity contribution in [2.24, 2.45) is 12.8 Å². The fourth-order valence-corrected chi connectivity index (χ4v) is 3.46. The largest absolute Gasteiger partial charge is 0.334 e. The SMILES string of the molecule is Cn1ccnc1-c1ccc(C2(CN)CCCCC2)cc1. The lowest BCUT2D eigenvalue weighted by atomic mass is 9.69. The van der Waals surface area contributed by atoms with E-state index in [1.165, 1.54) is 43.2 Å². The Morgan fingerprint density at radius 1 is 1.15 bits per heavy atom. The minimum Gasteiger partial charge on any atom is -0.334 e. The Morgan fingerprint density at radius 3 is 2.40 bits per heavy atom. The molecule has 0 bridgehead atoms. The second-order valence-corrected chi connectivity index (χ2v) is 5.98. The van der Waals surface area contributed by atoms with Gasteiger partial charge in [-0.05, 0) is 18.4 Å². The lowest BCUT2D eigenvalue weighted by Gasteiger charge is -2.37. The summed E-state index contributed by atoms with van der Waals surface area (Å²) < 4.78 is 2.05. The van der Waals surface area contributed by atoms with Crippen molar-refractivity contribution in [2.45, 2.75) is 37.5 Å². The van der Waals surface area contributed by atoms with Crippen molar-refractivity contribution in [1.82, 2.24) is 9.55 Å². The van der Waals surface area contributed by atoms with Gasteiger partial charge in [-0.2, -0.15) is 0 Å². The van der Waals surface area contributed by atoms with E-state index in [4.69, 9.17) is 5.73 Å². The van der Waals surface area contributed by atoms with Gasteiger partial charge in [-0.25, -0.2) is 4.98 Å². The number of benzene rings is 1. The van der Waals surface area contributed by atoms with Gasteiger partial charge in [0.1, 0.15) is 5.82 Å². The van der Waals surface area contributed by atoms with Gasteiger partial charge in [0.25, 0.3) is 0 Å². The van der Waals surface area contributed by atoms with Crippen LogP contribution in [0.4, 0.5) is 0 Å². The van der Waals surface area contributed by atoms with E-state index >= 15 is 0 Å². The highest BCUT2D eigenvalue weighted by Crippen LogP contribution is 2.39. The first-order chi connectivity index (χ1) is 9.75. The van der Waals surface area contributed by atoms with E-state index in [9.17, 15) is 0 Å². The predicted octanol–water partition coefficient (Wildman–Crippen LogP) is 3.25. The summed E-state index contributed by atoms with van der Waals surface area (Å²) in [5.41, 5.74) is 8.89. The summed E-state index contributed by atoms with van der Waals surface area (Å²) in [6.45, 7) is 0.759. The smallest absolute Gasteiger partial charge is 0.139 e. The van der Waals surface area contributed by atoms with Gasteiger partial charge < -0.3 is 10.3 Å². The van der Waals surface area contributed by atoms with E-state index in [0.717, 1.165) is 12.4 Å². The molecule has 106 valence electrons. The molecule has 1 aromatic heterocycles. The number of nitrogens with zero attached hydrogens (tertiary/aromatic N) is 2. The van der Waals surface area contributed by atoms with Crippen LogP contribution in [0.15, 0.2) is 36.7 Å². The van der Waals surface area contributed by atoms with Crippen LogP contribution in [0.2, 0.25) is 0 Å². The maximum atomic E-state index is 6.11. The molecule has 2 aromatic rings. The Morgan fingerprint density at radius 2 is 1.85 bits per heavy atom. The molecule has 0 saturated heterocycles. The van der Waals surface area contributed by atoms with E-state index in [-0.39, 0.29) is 5.41 Å². The number of imidazole rings is 1. The molecule has 0 spiro atoms. The van der Waals surface area contributed by atoms with Gasteiger partial charge in [0.2, 0.25) is 0 Å². The summed E-state index contributed by atoms with van der Waals surface area (Å²) in [6, 6.07) is 8.87. The normalized spacial score (nSPS) is 18.1. The lowest BCUT2D eigenvalue weighted by Crippen LogP contribution is -2.37. The standard InChI is InChI=1S/C17H23N3/c1-20-12-11-19-16(20)14-5-7-15(8-6-14)17(13-18)9-3-2-4-10-17/h5-8,11-12H,2-4,9-10,13,18H2,1H3. The van der Waals surface area contributed by atoms with Crippen LogP contribution in [-0.4, -0.2) is 16.1 Å². The highest BCUT2D eigenvalue weighted by atomic mass is 15.0. The predicted molar refractivity (Wildman–Crippen MR) is 82.5 cm³/mol. The van der Waals surface area contributed by atoms with E-state index in [1.807, 2.05) is 24.0 Å². The van der Waals surface area contributed by atoms with Crippen molar-refractivity contribution in [3.8, 4) is 11.4 Å². The Balaban J connectivity index is 1.91. The molecule has 0 unspecified atom stereocenters. The fourth-order valence-electron chi connectivity index (χ4n) is 3.46. The molecule has 1 fully saturated rings. The topological polar surface area (TPSA) is 43.8 Å². The first-order valence-electron chi connectivity index (χ1n) is 7.53. The lowest BCUT2D eigenvalue weighted by molar-refractivity contribution is 0.301. The molecule has 3 heteroatoms. The average molecular weight is 269 g/mol. The molecule has 20 heavy (non-hydrogen) atoms. The van der Waals surface area contributed by atoms with Crippen LogP contribution >= 0.6 is 0 Å². The molecule has 3 nitrogen and oxygen atoms in total. The van der Waals surface area contributed by atoms with Crippen molar-refractivity contribution in [3.63, 3.8) is 0 Å². The molecule has 1 aliphatic carbocycles. The first-order valence-corrected chi connectivity index (χ1v) is 7.53. The first kappa shape index (κ1) is 13.4. The molecular weight excluding hydrogens is 246 g/mol. The number of rotatable bonds is 3. The monoisotopic (exact) mass is 269 g/mol. The van der Waals surface area contributed by atoms with Crippen molar-refractivity contribution in [3.05, 3.63) is 42.2 Å². The quantitative estimate of drug-likeness (QED) is 0.929. The third-order valence-corrected chi connectivity index (χ3v) is 4.78. The van der Waals surface area contributed by atoms with Gasteiger partial charge in [0, 0.05) is 37.0 Å². The van der Waals surface area contributed by atoms with Crippen molar-refractivity contribution >= 4 is 0 Å². The highest BCUT2D eigenvalue weighted by Gasteiger charge is 2.32. The maximum absolute atomic E-state index is 6.11. The van der Waals surface area contributed by atoms with E-state index in [0.29, 0.717) is 0 Å². The molecule has 0 aliphatic heterocycles. The zero-order chi connectivity index (χ0) is 14.0. The van der Waals surface area contributed by atoms with Gasteiger partial charge in [-0.15, -0.1) is 0 Å². The third-order valence-electron chi connectivity index (χ3n) is 4.78. The van der Waals surface area contributed by atoms with Crippen LogP contribution in [0.5, 0.6) is 0 Å². The average Bonchev–Trinajstić information content (AvgIpc) is 2.94. The summed E-state index contributed by atoms with van der Waals surface area (Å²) in [5, 5.41) is 0. The van der Waals surface area contributed by atoms with Gasteiger partial charge in [0.05, 0.1) is 0 Å². The second kappa shape index (κ2) is 5.41. The molecular formula is C17H23N3. The Labute approximate surface area is 120 Å². The molecule has 0 amide bonds. The van der Waals surface area contributed by atoms with Crippen molar-refractivity contribution in [2.75, 3.05) is 6.54 Å². The van der Waals surface area contributed by atoms with Crippen molar-refractivity contribution < 1.29 is 0 Å². The van der Waals surface area contributed by atoms with Gasteiger partial charge >= 0.3 is 0 Å². The zero-order valence-electron chi connectivity index (χ0n) is 12.2. The molecule has 1 aliphatic rings. The fraction of sp³-hybridized carbons (Fsp3) is 0.471. The van der Waals surface area contributed by atoms with E-state index in [2.05, 4.69) is 29.2 Å². The van der Waals surface area contributed by atoms with E-state index < -0.39 is 0 Å². The van der Waals surface area contributed by atoms with Crippen LogP contribution < -0.4 is 5.73 Å². The third kappa shape index (κ3) is 2.27. The van der Waals surface area contributed by atoms with Gasteiger partial charge in [-0.3, -0.25) is 0 Å². The molecule has 1 aromatic carbocycles. The van der Waals surface area contributed by atoms with Crippen LogP contribution in [0.3, 0.4) is 0 Å². The number of hydrogen-bond donors (Lipinski definition) is 1. The Kier molecular flexibility index (Phi) is 3.62. The van der Waals surface area contributed by atoms with Crippen LogP contribution in [0, 0.1) is 0 Å². The van der Waals surface area contributed by atoms with Crippen molar-refractivity contribution in [1.29, 1.82) is 0 Å².